The van der Waals surface area contributed by atoms with E-state index in [0.717, 1.165) is 34.5 Å². The van der Waals surface area contributed by atoms with Crippen LogP contribution in [-0.4, -0.2) is 31.0 Å². The topological polar surface area (TPSA) is 50.7 Å². The molecular weight excluding hydrogens is 322 g/mol. The van der Waals surface area contributed by atoms with Gasteiger partial charge in [-0.25, -0.2) is 0 Å². The maximum atomic E-state index is 9.15. The van der Waals surface area contributed by atoms with Gasteiger partial charge in [-0.05, 0) is 46.5 Å². The SMILES string of the molecule is CC(CO)C(C)NCc1cc(Br)c2c(c1)OCCCO2. The first-order valence-corrected chi connectivity index (χ1v) is 7.83. The van der Waals surface area contributed by atoms with E-state index in [9.17, 15) is 0 Å². The Kier molecular flexibility index (Phi) is 5.69. The highest BCUT2D eigenvalue weighted by molar-refractivity contribution is 9.10. The molecule has 2 rings (SSSR count). The molecule has 1 aromatic carbocycles. The number of halogens is 1. The summed E-state index contributed by atoms with van der Waals surface area (Å²) in [7, 11) is 0. The van der Waals surface area contributed by atoms with Gasteiger partial charge in [0, 0.05) is 25.6 Å². The normalized spacial score (nSPS) is 17.4. The third-order valence-corrected chi connectivity index (χ3v) is 4.22. The van der Waals surface area contributed by atoms with E-state index in [1.807, 2.05) is 13.0 Å². The van der Waals surface area contributed by atoms with Crippen molar-refractivity contribution in [2.45, 2.75) is 32.9 Å². The summed E-state index contributed by atoms with van der Waals surface area (Å²) in [5.41, 5.74) is 1.14. The van der Waals surface area contributed by atoms with Crippen molar-refractivity contribution in [3.63, 3.8) is 0 Å². The third kappa shape index (κ3) is 3.87. The van der Waals surface area contributed by atoms with E-state index < -0.39 is 0 Å². The molecule has 0 spiro atoms. The zero-order valence-electron chi connectivity index (χ0n) is 12.0. The fourth-order valence-corrected chi connectivity index (χ4v) is 2.63. The average Bonchev–Trinajstić information content (AvgIpc) is 2.69. The molecular formula is C15H22BrNO3. The van der Waals surface area contributed by atoms with Gasteiger partial charge >= 0.3 is 0 Å². The zero-order valence-corrected chi connectivity index (χ0v) is 13.6. The van der Waals surface area contributed by atoms with Crippen molar-refractivity contribution in [2.24, 2.45) is 5.92 Å². The molecule has 0 saturated heterocycles. The summed E-state index contributed by atoms with van der Waals surface area (Å²) in [6.07, 6.45) is 0.903. The molecule has 0 amide bonds. The van der Waals surface area contributed by atoms with Crippen molar-refractivity contribution in [3.8, 4) is 11.5 Å². The molecule has 0 aromatic heterocycles. The van der Waals surface area contributed by atoms with E-state index in [4.69, 9.17) is 14.6 Å². The minimum atomic E-state index is 0.193. The van der Waals surface area contributed by atoms with E-state index >= 15 is 0 Å². The number of hydrogen-bond donors (Lipinski definition) is 2. The molecule has 0 aliphatic carbocycles. The Bertz CT molecular complexity index is 453. The number of ether oxygens (including phenoxy) is 2. The first-order chi connectivity index (χ1) is 9.61. The molecule has 1 aliphatic heterocycles. The predicted molar refractivity (Wildman–Crippen MR) is 82.3 cm³/mol. The number of aliphatic hydroxyl groups excluding tert-OH is 1. The Morgan fingerprint density at radius 3 is 2.80 bits per heavy atom. The van der Waals surface area contributed by atoms with Crippen LogP contribution in [-0.2, 0) is 6.54 Å². The van der Waals surface area contributed by atoms with Crippen LogP contribution in [0.5, 0.6) is 11.5 Å². The predicted octanol–water partition coefficient (Wildman–Crippen LogP) is 2.72. The molecule has 2 atom stereocenters. The second-order valence-electron chi connectivity index (χ2n) is 5.28. The van der Waals surface area contributed by atoms with Crippen LogP contribution in [0.1, 0.15) is 25.8 Å². The van der Waals surface area contributed by atoms with Crippen LogP contribution >= 0.6 is 15.9 Å². The van der Waals surface area contributed by atoms with E-state index in [1.54, 1.807) is 0 Å². The first kappa shape index (κ1) is 15.6. The number of hydrogen-bond acceptors (Lipinski definition) is 4. The molecule has 5 heteroatoms. The number of fused-ring (bicyclic) bond motifs is 1. The number of rotatable bonds is 5. The first-order valence-electron chi connectivity index (χ1n) is 7.04. The molecule has 20 heavy (non-hydrogen) atoms. The molecule has 1 aromatic rings. The van der Waals surface area contributed by atoms with Crippen molar-refractivity contribution in [3.05, 3.63) is 22.2 Å². The van der Waals surface area contributed by atoms with Crippen LogP contribution in [0, 0.1) is 5.92 Å². The van der Waals surface area contributed by atoms with Gasteiger partial charge in [0.25, 0.3) is 0 Å². The molecule has 4 nitrogen and oxygen atoms in total. The molecule has 0 bridgehead atoms. The van der Waals surface area contributed by atoms with Crippen LogP contribution < -0.4 is 14.8 Å². The summed E-state index contributed by atoms with van der Waals surface area (Å²) in [5, 5.41) is 12.6. The van der Waals surface area contributed by atoms with Gasteiger partial charge in [0.15, 0.2) is 11.5 Å². The van der Waals surface area contributed by atoms with Gasteiger partial charge in [-0.1, -0.05) is 6.92 Å². The molecule has 2 unspecified atom stereocenters. The quantitative estimate of drug-likeness (QED) is 0.862. The molecule has 1 heterocycles. The van der Waals surface area contributed by atoms with E-state index in [-0.39, 0.29) is 18.6 Å². The Morgan fingerprint density at radius 2 is 2.05 bits per heavy atom. The van der Waals surface area contributed by atoms with Crippen molar-refractivity contribution in [1.29, 1.82) is 0 Å². The third-order valence-electron chi connectivity index (χ3n) is 3.63. The molecule has 0 fully saturated rings. The van der Waals surface area contributed by atoms with E-state index in [0.29, 0.717) is 13.2 Å². The highest BCUT2D eigenvalue weighted by Gasteiger charge is 2.16. The Balaban J connectivity index is 2.06. The van der Waals surface area contributed by atoms with E-state index in [1.165, 1.54) is 0 Å². The summed E-state index contributed by atoms with van der Waals surface area (Å²) < 4.78 is 12.3. The summed E-state index contributed by atoms with van der Waals surface area (Å²) in [4.78, 5) is 0. The Labute approximate surface area is 128 Å². The van der Waals surface area contributed by atoms with Crippen LogP contribution in [0.15, 0.2) is 16.6 Å². The van der Waals surface area contributed by atoms with Gasteiger partial charge in [0.1, 0.15) is 0 Å². The highest BCUT2D eigenvalue weighted by atomic mass is 79.9. The van der Waals surface area contributed by atoms with Gasteiger partial charge < -0.3 is 19.9 Å². The van der Waals surface area contributed by atoms with Crippen molar-refractivity contribution in [1.82, 2.24) is 5.32 Å². The summed E-state index contributed by atoms with van der Waals surface area (Å²) in [6.45, 7) is 6.42. The van der Waals surface area contributed by atoms with Gasteiger partial charge in [-0.15, -0.1) is 0 Å². The summed E-state index contributed by atoms with van der Waals surface area (Å²) in [5.74, 6) is 1.83. The summed E-state index contributed by atoms with van der Waals surface area (Å²) >= 11 is 3.54. The minimum absolute atomic E-state index is 0.193. The molecule has 0 saturated carbocycles. The molecule has 112 valence electrons. The largest absolute Gasteiger partial charge is 0.490 e. The Morgan fingerprint density at radius 1 is 1.30 bits per heavy atom. The van der Waals surface area contributed by atoms with Gasteiger partial charge in [0.2, 0.25) is 0 Å². The van der Waals surface area contributed by atoms with Crippen molar-refractivity contribution < 1.29 is 14.6 Å². The second-order valence-corrected chi connectivity index (χ2v) is 6.14. The maximum absolute atomic E-state index is 9.15. The lowest BCUT2D eigenvalue weighted by Gasteiger charge is -2.20. The average molecular weight is 344 g/mol. The summed E-state index contributed by atoms with van der Waals surface area (Å²) in [6, 6.07) is 4.33. The van der Waals surface area contributed by atoms with Crippen LogP contribution in [0.2, 0.25) is 0 Å². The van der Waals surface area contributed by atoms with Crippen LogP contribution in [0.4, 0.5) is 0 Å². The zero-order chi connectivity index (χ0) is 14.5. The number of benzene rings is 1. The highest BCUT2D eigenvalue weighted by Crippen LogP contribution is 2.38. The van der Waals surface area contributed by atoms with Crippen molar-refractivity contribution >= 4 is 15.9 Å². The van der Waals surface area contributed by atoms with Gasteiger partial charge in [-0.2, -0.15) is 0 Å². The van der Waals surface area contributed by atoms with Crippen LogP contribution in [0.3, 0.4) is 0 Å². The lowest BCUT2D eigenvalue weighted by atomic mass is 10.0. The number of aliphatic hydroxyl groups is 1. The molecule has 2 N–H and O–H groups in total. The minimum Gasteiger partial charge on any atom is -0.490 e. The molecule has 0 radical (unpaired) electrons. The van der Waals surface area contributed by atoms with Crippen molar-refractivity contribution in [2.75, 3.05) is 19.8 Å². The maximum Gasteiger partial charge on any atom is 0.175 e. The fourth-order valence-electron chi connectivity index (χ4n) is 2.02. The monoisotopic (exact) mass is 343 g/mol. The van der Waals surface area contributed by atoms with E-state index in [2.05, 4.69) is 34.2 Å². The van der Waals surface area contributed by atoms with Gasteiger partial charge in [-0.3, -0.25) is 0 Å². The standard InChI is InChI=1S/C15H22BrNO3/c1-10(9-18)11(2)17-8-12-6-13(16)15-14(7-12)19-4-3-5-20-15/h6-7,10-11,17-18H,3-5,8-9H2,1-2H3. The lowest BCUT2D eigenvalue weighted by Crippen LogP contribution is -2.33. The molecule has 1 aliphatic rings. The fraction of sp³-hybridized carbons (Fsp3) is 0.600. The number of nitrogens with one attached hydrogen (secondary N) is 1. The second kappa shape index (κ2) is 7.29. The smallest absolute Gasteiger partial charge is 0.175 e. The van der Waals surface area contributed by atoms with Gasteiger partial charge in [0.05, 0.1) is 17.7 Å². The Hall–Kier alpha value is -0.780. The lowest BCUT2D eigenvalue weighted by molar-refractivity contribution is 0.207. The van der Waals surface area contributed by atoms with Crippen LogP contribution in [0.25, 0.3) is 0 Å².